The van der Waals surface area contributed by atoms with Crippen LogP contribution in [0.2, 0.25) is 0 Å². The number of fused-ring (bicyclic) bond motifs is 5. The fourth-order valence-electron chi connectivity index (χ4n) is 4.78. The van der Waals surface area contributed by atoms with Crippen LogP contribution in [0.15, 0.2) is 48.7 Å². The predicted molar refractivity (Wildman–Crippen MR) is 144 cm³/mol. The Morgan fingerprint density at radius 2 is 1.70 bits per heavy atom. The number of ether oxygens (including phenoxy) is 3. The van der Waals surface area contributed by atoms with Crippen LogP contribution in [0.4, 0.5) is 0 Å². The average Bonchev–Trinajstić information content (AvgIpc) is 3.46. The highest BCUT2D eigenvalue weighted by atomic mass is 16.5. The van der Waals surface area contributed by atoms with Crippen molar-refractivity contribution in [1.82, 2.24) is 18.9 Å². The Morgan fingerprint density at radius 1 is 0.892 bits per heavy atom. The zero-order valence-electron chi connectivity index (χ0n) is 21.8. The molecule has 0 spiro atoms. The number of hydrogen-bond donors (Lipinski definition) is 0. The SMILES string of the molecule is CCCC(=O)Oc1cn(CCc2ccc(OC)c(OC)c2)c2nc(CCC)n3c4ccccc4nc3c12. The van der Waals surface area contributed by atoms with Gasteiger partial charge < -0.3 is 18.8 Å². The Bertz CT molecular complexity index is 1580. The van der Waals surface area contributed by atoms with Crippen LogP contribution in [-0.2, 0) is 24.2 Å². The number of carbonyl (C=O) groups excluding carboxylic acids is 1. The smallest absolute Gasteiger partial charge is 0.311 e. The molecule has 2 aromatic carbocycles. The maximum atomic E-state index is 12.5. The Kier molecular flexibility index (Phi) is 6.99. The topological polar surface area (TPSA) is 79.9 Å². The first-order valence-corrected chi connectivity index (χ1v) is 12.8. The molecule has 37 heavy (non-hydrogen) atoms. The van der Waals surface area contributed by atoms with E-state index in [4.69, 9.17) is 24.2 Å². The third-order valence-electron chi connectivity index (χ3n) is 6.53. The Balaban J connectivity index is 1.65. The van der Waals surface area contributed by atoms with Gasteiger partial charge in [-0.1, -0.05) is 32.0 Å². The van der Waals surface area contributed by atoms with E-state index in [9.17, 15) is 4.79 Å². The van der Waals surface area contributed by atoms with E-state index in [0.717, 1.165) is 64.8 Å². The number of para-hydroxylation sites is 2. The zero-order chi connectivity index (χ0) is 25.9. The highest BCUT2D eigenvalue weighted by molar-refractivity contribution is 6.01. The van der Waals surface area contributed by atoms with E-state index in [1.54, 1.807) is 14.2 Å². The largest absolute Gasteiger partial charge is 0.493 e. The molecule has 0 amide bonds. The molecule has 0 radical (unpaired) electrons. The van der Waals surface area contributed by atoms with Gasteiger partial charge in [0.15, 0.2) is 22.9 Å². The van der Waals surface area contributed by atoms with Crippen molar-refractivity contribution >= 4 is 33.7 Å². The third kappa shape index (κ3) is 4.59. The fourth-order valence-corrected chi connectivity index (χ4v) is 4.78. The quantitative estimate of drug-likeness (QED) is 0.227. The van der Waals surface area contributed by atoms with Crippen LogP contribution >= 0.6 is 0 Å². The van der Waals surface area contributed by atoms with E-state index in [-0.39, 0.29) is 5.97 Å². The van der Waals surface area contributed by atoms with E-state index in [0.29, 0.717) is 30.2 Å². The van der Waals surface area contributed by atoms with Crippen LogP contribution in [0.5, 0.6) is 17.2 Å². The normalized spacial score (nSPS) is 11.5. The maximum absolute atomic E-state index is 12.5. The van der Waals surface area contributed by atoms with Crippen LogP contribution in [-0.4, -0.2) is 39.1 Å². The van der Waals surface area contributed by atoms with Gasteiger partial charge in [0.1, 0.15) is 16.9 Å². The number of aryl methyl sites for hydroxylation is 3. The van der Waals surface area contributed by atoms with Gasteiger partial charge in [-0.05, 0) is 49.1 Å². The first kappa shape index (κ1) is 24.6. The molecule has 0 saturated carbocycles. The molecule has 0 aliphatic rings. The number of carbonyl (C=O) groups is 1. The molecular weight excluding hydrogens is 468 g/mol. The van der Waals surface area contributed by atoms with E-state index < -0.39 is 0 Å². The van der Waals surface area contributed by atoms with Gasteiger partial charge in [0, 0.05) is 25.6 Å². The van der Waals surface area contributed by atoms with Gasteiger partial charge in [0.2, 0.25) is 0 Å². The summed E-state index contributed by atoms with van der Waals surface area (Å²) < 4.78 is 20.9. The molecule has 5 aromatic rings. The summed E-state index contributed by atoms with van der Waals surface area (Å²) in [5, 5.41) is 0.757. The second-order valence-corrected chi connectivity index (χ2v) is 9.09. The molecule has 0 unspecified atom stereocenters. The zero-order valence-corrected chi connectivity index (χ0v) is 21.8. The standard InChI is InChI=1S/C29H32N4O4/c1-5-9-25-31-28-27(29-30-20-11-7-8-12-21(20)33(25)29)24(37-26(34)10-6-2)18-32(28)16-15-19-13-14-22(35-3)23(17-19)36-4/h7-8,11-14,17-18H,5-6,9-10,15-16H2,1-4H3. The van der Waals surface area contributed by atoms with Crippen molar-refractivity contribution in [3.63, 3.8) is 0 Å². The van der Waals surface area contributed by atoms with Gasteiger partial charge in [-0.25, -0.2) is 9.97 Å². The first-order chi connectivity index (χ1) is 18.1. The minimum absolute atomic E-state index is 0.256. The number of esters is 1. The third-order valence-corrected chi connectivity index (χ3v) is 6.53. The van der Waals surface area contributed by atoms with Crippen molar-refractivity contribution in [1.29, 1.82) is 0 Å². The number of imidazole rings is 1. The van der Waals surface area contributed by atoms with E-state index in [2.05, 4.69) is 22.0 Å². The van der Waals surface area contributed by atoms with Gasteiger partial charge in [-0.15, -0.1) is 0 Å². The van der Waals surface area contributed by atoms with Crippen molar-refractivity contribution in [2.75, 3.05) is 14.2 Å². The first-order valence-electron chi connectivity index (χ1n) is 12.8. The van der Waals surface area contributed by atoms with Crippen LogP contribution in [0.25, 0.3) is 27.7 Å². The predicted octanol–water partition coefficient (Wildman–Crippen LogP) is 5.76. The van der Waals surface area contributed by atoms with Gasteiger partial charge >= 0.3 is 5.97 Å². The van der Waals surface area contributed by atoms with Gasteiger partial charge in [-0.3, -0.25) is 9.20 Å². The van der Waals surface area contributed by atoms with E-state index >= 15 is 0 Å². The van der Waals surface area contributed by atoms with Crippen molar-refractivity contribution in [3.8, 4) is 17.2 Å². The van der Waals surface area contributed by atoms with E-state index in [1.165, 1.54) is 0 Å². The lowest BCUT2D eigenvalue weighted by Crippen LogP contribution is -2.07. The summed E-state index contributed by atoms with van der Waals surface area (Å²) in [6, 6.07) is 14.0. The van der Waals surface area contributed by atoms with Crippen LogP contribution in [0.3, 0.4) is 0 Å². The summed E-state index contributed by atoms with van der Waals surface area (Å²) in [6.45, 7) is 4.75. The average molecular weight is 501 g/mol. The Hall–Kier alpha value is -4.07. The molecule has 5 rings (SSSR count). The molecule has 0 N–H and O–H groups in total. The highest BCUT2D eigenvalue weighted by Gasteiger charge is 2.22. The van der Waals surface area contributed by atoms with Gasteiger partial charge in [0.05, 0.1) is 25.3 Å². The fraction of sp³-hybridized carbons (Fsp3) is 0.345. The summed E-state index contributed by atoms with van der Waals surface area (Å²) in [4.78, 5) is 22.6. The van der Waals surface area contributed by atoms with Crippen molar-refractivity contribution < 1.29 is 19.0 Å². The molecule has 0 fully saturated rings. The maximum Gasteiger partial charge on any atom is 0.311 e. The molecule has 3 aromatic heterocycles. The number of aromatic nitrogens is 4. The number of hydrogen-bond acceptors (Lipinski definition) is 6. The molecule has 0 saturated heterocycles. The summed E-state index contributed by atoms with van der Waals surface area (Å²) >= 11 is 0. The molecular formula is C29H32N4O4. The summed E-state index contributed by atoms with van der Waals surface area (Å²) in [5.74, 6) is 2.57. The number of methoxy groups -OCH3 is 2. The summed E-state index contributed by atoms with van der Waals surface area (Å²) in [5.41, 5.74) is 4.52. The minimum Gasteiger partial charge on any atom is -0.493 e. The molecule has 0 atom stereocenters. The van der Waals surface area contributed by atoms with E-state index in [1.807, 2.05) is 49.5 Å². The molecule has 3 heterocycles. The lowest BCUT2D eigenvalue weighted by molar-refractivity contribution is -0.134. The van der Waals surface area contributed by atoms with Gasteiger partial charge in [0.25, 0.3) is 0 Å². The number of benzene rings is 2. The van der Waals surface area contributed by atoms with Crippen molar-refractivity contribution in [3.05, 3.63) is 60.0 Å². The lowest BCUT2D eigenvalue weighted by Gasteiger charge is -2.11. The number of nitrogens with zero attached hydrogens (tertiary/aromatic N) is 4. The summed E-state index contributed by atoms with van der Waals surface area (Å²) in [7, 11) is 3.27. The molecule has 0 aliphatic carbocycles. The second-order valence-electron chi connectivity index (χ2n) is 9.09. The molecule has 8 nitrogen and oxygen atoms in total. The van der Waals surface area contributed by atoms with Crippen LogP contribution in [0.1, 0.15) is 44.5 Å². The second kappa shape index (κ2) is 10.5. The van der Waals surface area contributed by atoms with Crippen LogP contribution in [0, 0.1) is 0 Å². The Morgan fingerprint density at radius 3 is 2.46 bits per heavy atom. The van der Waals surface area contributed by atoms with Crippen LogP contribution < -0.4 is 14.2 Å². The molecule has 0 bridgehead atoms. The molecule has 0 aliphatic heterocycles. The Labute approximate surface area is 215 Å². The molecule has 192 valence electrons. The molecule has 8 heteroatoms. The number of rotatable bonds is 10. The highest BCUT2D eigenvalue weighted by Crippen LogP contribution is 2.34. The minimum atomic E-state index is -0.256. The van der Waals surface area contributed by atoms with Crippen molar-refractivity contribution in [2.24, 2.45) is 0 Å². The monoisotopic (exact) mass is 500 g/mol. The lowest BCUT2D eigenvalue weighted by atomic mass is 10.1. The summed E-state index contributed by atoms with van der Waals surface area (Å²) in [6.07, 6.45) is 5.45. The van der Waals surface area contributed by atoms with Gasteiger partial charge in [-0.2, -0.15) is 0 Å². The van der Waals surface area contributed by atoms with Crippen molar-refractivity contribution in [2.45, 2.75) is 52.5 Å².